The number of likely N-dealkylation sites (N-methyl/N-ethyl adjacent to an activating group) is 2. The Bertz CT molecular complexity index is 411. The van der Waals surface area contributed by atoms with E-state index in [4.69, 9.17) is 5.26 Å². The Morgan fingerprint density at radius 2 is 2.44 bits per heavy atom. The number of hydrogen-bond donors (Lipinski definition) is 1. The molecule has 0 aliphatic carbocycles. The Kier molecular flexibility index (Phi) is 4.28. The Balaban J connectivity index is 2.95. The van der Waals surface area contributed by atoms with E-state index < -0.39 is 0 Å². The number of nitrogens with zero attached hydrogens (tertiary/aromatic N) is 3. The molecule has 0 atom stereocenters. The molecule has 1 N–H and O–H groups in total. The van der Waals surface area contributed by atoms with Gasteiger partial charge in [-0.15, -0.1) is 0 Å². The molecule has 1 heterocycles. The van der Waals surface area contributed by atoms with Crippen molar-refractivity contribution in [2.45, 2.75) is 6.92 Å². The van der Waals surface area contributed by atoms with Crippen molar-refractivity contribution < 1.29 is 4.79 Å². The lowest BCUT2D eigenvalue weighted by atomic mass is 10.2. The Morgan fingerprint density at radius 3 is 3.00 bits per heavy atom. The molecule has 0 saturated carbocycles. The zero-order chi connectivity index (χ0) is 12.0. The number of carbonyl (C=O) groups is 1. The molecular weight excluding hydrogens is 204 g/mol. The summed E-state index contributed by atoms with van der Waals surface area (Å²) in [5.74, 6) is -0.0883. The monoisotopic (exact) mass is 218 g/mol. The zero-order valence-corrected chi connectivity index (χ0v) is 9.40. The molecule has 0 fully saturated rings. The van der Waals surface area contributed by atoms with Crippen molar-refractivity contribution in [1.29, 1.82) is 5.26 Å². The van der Waals surface area contributed by atoms with Crippen LogP contribution < -0.4 is 10.2 Å². The molecule has 0 bridgehead atoms. The molecule has 5 nitrogen and oxygen atoms in total. The summed E-state index contributed by atoms with van der Waals surface area (Å²) in [5, 5.41) is 11.5. The molecule has 0 spiro atoms. The number of anilines is 1. The summed E-state index contributed by atoms with van der Waals surface area (Å²) < 4.78 is 0. The van der Waals surface area contributed by atoms with Gasteiger partial charge in [-0.3, -0.25) is 9.78 Å². The number of rotatable bonds is 4. The third-order valence-electron chi connectivity index (χ3n) is 2.26. The number of nitrogens with one attached hydrogen (secondary N) is 1. The highest BCUT2D eigenvalue weighted by Crippen LogP contribution is 2.17. The molecule has 84 valence electrons. The number of aromatic nitrogens is 1. The van der Waals surface area contributed by atoms with E-state index in [2.05, 4.69) is 16.4 Å². The second kappa shape index (κ2) is 5.71. The average Bonchev–Trinajstić information content (AvgIpc) is 2.35. The highest BCUT2D eigenvalue weighted by Gasteiger charge is 2.12. The van der Waals surface area contributed by atoms with E-state index in [1.807, 2.05) is 11.8 Å². The molecule has 0 unspecified atom stereocenters. The summed E-state index contributed by atoms with van der Waals surface area (Å²) in [5.41, 5.74) is 1.22. The normalized spacial score (nSPS) is 9.31. The van der Waals surface area contributed by atoms with E-state index >= 15 is 0 Å². The number of carbonyl (C=O) groups excluding carboxylic acids is 1. The van der Waals surface area contributed by atoms with Crippen molar-refractivity contribution >= 4 is 11.6 Å². The molecule has 1 aromatic heterocycles. The zero-order valence-electron chi connectivity index (χ0n) is 9.40. The fraction of sp³-hybridized carbons (Fsp3) is 0.364. The minimum Gasteiger partial charge on any atom is -0.360 e. The fourth-order valence-electron chi connectivity index (χ4n) is 1.35. The van der Waals surface area contributed by atoms with Gasteiger partial charge >= 0.3 is 0 Å². The van der Waals surface area contributed by atoms with Gasteiger partial charge in [0, 0.05) is 19.8 Å². The second-order valence-corrected chi connectivity index (χ2v) is 3.19. The first kappa shape index (κ1) is 12.0. The van der Waals surface area contributed by atoms with Crippen LogP contribution in [0.5, 0.6) is 0 Å². The van der Waals surface area contributed by atoms with Gasteiger partial charge < -0.3 is 10.2 Å². The molecule has 1 rings (SSSR count). The summed E-state index contributed by atoms with van der Waals surface area (Å²) in [6.45, 7) is 2.80. The van der Waals surface area contributed by atoms with Crippen LogP contribution in [0, 0.1) is 11.3 Å². The molecule has 0 aromatic carbocycles. The van der Waals surface area contributed by atoms with E-state index in [0.29, 0.717) is 17.8 Å². The van der Waals surface area contributed by atoms with E-state index in [9.17, 15) is 4.79 Å². The molecular formula is C11H14N4O. The van der Waals surface area contributed by atoms with Crippen LogP contribution in [0.2, 0.25) is 0 Å². The van der Waals surface area contributed by atoms with E-state index in [1.165, 1.54) is 0 Å². The minimum absolute atomic E-state index is 0.0883. The van der Waals surface area contributed by atoms with E-state index in [0.717, 1.165) is 0 Å². The third kappa shape index (κ3) is 2.70. The first-order chi connectivity index (χ1) is 7.72. The van der Waals surface area contributed by atoms with Gasteiger partial charge in [0.25, 0.3) is 0 Å². The molecule has 16 heavy (non-hydrogen) atoms. The number of amides is 1. The molecule has 5 heteroatoms. The highest BCUT2D eigenvalue weighted by molar-refractivity contribution is 5.81. The summed E-state index contributed by atoms with van der Waals surface area (Å²) in [4.78, 5) is 17.1. The Morgan fingerprint density at radius 1 is 1.69 bits per heavy atom. The highest BCUT2D eigenvalue weighted by atomic mass is 16.1. The van der Waals surface area contributed by atoms with Crippen molar-refractivity contribution in [1.82, 2.24) is 10.3 Å². The van der Waals surface area contributed by atoms with Crippen molar-refractivity contribution in [2.75, 3.05) is 25.0 Å². The number of pyridine rings is 1. The first-order valence-corrected chi connectivity index (χ1v) is 5.02. The largest absolute Gasteiger partial charge is 0.360 e. The summed E-state index contributed by atoms with van der Waals surface area (Å²) in [6, 6.07) is 3.73. The van der Waals surface area contributed by atoms with Gasteiger partial charge in [-0.2, -0.15) is 5.26 Å². The maximum absolute atomic E-state index is 11.3. The van der Waals surface area contributed by atoms with E-state index in [-0.39, 0.29) is 12.5 Å². The maximum Gasteiger partial charge on any atom is 0.239 e. The van der Waals surface area contributed by atoms with Crippen molar-refractivity contribution in [3.05, 3.63) is 24.0 Å². The van der Waals surface area contributed by atoms with Gasteiger partial charge in [-0.05, 0) is 13.0 Å². The topological polar surface area (TPSA) is 69.0 Å². The van der Waals surface area contributed by atoms with Gasteiger partial charge in [0.15, 0.2) is 0 Å². The lowest BCUT2D eigenvalue weighted by Crippen LogP contribution is -2.35. The van der Waals surface area contributed by atoms with Crippen LogP contribution in [0.1, 0.15) is 12.5 Å². The van der Waals surface area contributed by atoms with Crippen LogP contribution in [-0.4, -0.2) is 31.0 Å². The van der Waals surface area contributed by atoms with Crippen molar-refractivity contribution in [3.8, 4) is 6.07 Å². The molecule has 1 aromatic rings. The smallest absolute Gasteiger partial charge is 0.239 e. The van der Waals surface area contributed by atoms with Crippen LogP contribution in [0.25, 0.3) is 0 Å². The van der Waals surface area contributed by atoms with Gasteiger partial charge in [0.1, 0.15) is 6.07 Å². The standard InChI is InChI=1S/C11H14N4O/c1-3-15(8-11(16)13-2)10-7-14-5-4-9(10)6-12/h4-5,7H,3,8H2,1-2H3,(H,13,16). The average molecular weight is 218 g/mol. The predicted molar refractivity (Wildman–Crippen MR) is 60.9 cm³/mol. The van der Waals surface area contributed by atoms with Gasteiger partial charge in [0.2, 0.25) is 5.91 Å². The first-order valence-electron chi connectivity index (χ1n) is 5.02. The van der Waals surface area contributed by atoms with Crippen LogP contribution in [0.15, 0.2) is 18.5 Å². The van der Waals surface area contributed by atoms with Crippen LogP contribution in [0.3, 0.4) is 0 Å². The van der Waals surface area contributed by atoms with Crippen LogP contribution >= 0.6 is 0 Å². The predicted octanol–water partition coefficient (Wildman–Crippen LogP) is 0.526. The van der Waals surface area contributed by atoms with Crippen LogP contribution in [-0.2, 0) is 4.79 Å². The lowest BCUT2D eigenvalue weighted by Gasteiger charge is -2.22. The summed E-state index contributed by atoms with van der Waals surface area (Å²) >= 11 is 0. The molecule has 0 aliphatic heterocycles. The maximum atomic E-state index is 11.3. The molecule has 0 aliphatic rings. The summed E-state index contributed by atoms with van der Waals surface area (Å²) in [6.07, 6.45) is 3.17. The Hall–Kier alpha value is -2.09. The lowest BCUT2D eigenvalue weighted by molar-refractivity contribution is -0.119. The number of nitriles is 1. The van der Waals surface area contributed by atoms with Crippen molar-refractivity contribution in [3.63, 3.8) is 0 Å². The molecule has 1 amide bonds. The quantitative estimate of drug-likeness (QED) is 0.800. The Labute approximate surface area is 94.7 Å². The molecule has 0 radical (unpaired) electrons. The summed E-state index contributed by atoms with van der Waals surface area (Å²) in [7, 11) is 1.59. The fourth-order valence-corrected chi connectivity index (χ4v) is 1.35. The molecule has 0 saturated heterocycles. The van der Waals surface area contributed by atoms with Gasteiger partial charge in [0.05, 0.1) is 24.0 Å². The SMILES string of the molecule is CCN(CC(=O)NC)c1cnccc1C#N. The van der Waals surface area contributed by atoms with Gasteiger partial charge in [-0.1, -0.05) is 0 Å². The number of hydrogen-bond acceptors (Lipinski definition) is 4. The van der Waals surface area contributed by atoms with Gasteiger partial charge in [-0.25, -0.2) is 0 Å². The van der Waals surface area contributed by atoms with E-state index in [1.54, 1.807) is 25.5 Å². The van der Waals surface area contributed by atoms with Crippen molar-refractivity contribution in [2.24, 2.45) is 0 Å². The second-order valence-electron chi connectivity index (χ2n) is 3.19. The van der Waals surface area contributed by atoms with Crippen LogP contribution in [0.4, 0.5) is 5.69 Å². The third-order valence-corrected chi connectivity index (χ3v) is 2.26. The minimum atomic E-state index is -0.0883.